The zero-order valence-corrected chi connectivity index (χ0v) is 14.8. The third kappa shape index (κ3) is 3.17. The molecule has 1 amide bonds. The predicted octanol–water partition coefficient (Wildman–Crippen LogP) is 4.52. The molecule has 23 heavy (non-hydrogen) atoms. The maximum atomic E-state index is 13.1. The quantitative estimate of drug-likeness (QED) is 0.780. The van der Waals surface area contributed by atoms with Gasteiger partial charge in [0.05, 0.1) is 23.8 Å². The topological polar surface area (TPSA) is 38.8 Å². The van der Waals surface area contributed by atoms with Crippen LogP contribution >= 0.6 is 23.2 Å². The first-order valence-electron chi connectivity index (χ1n) is 8.06. The zero-order valence-electron chi connectivity index (χ0n) is 13.2. The van der Waals surface area contributed by atoms with E-state index < -0.39 is 5.72 Å². The second-order valence-corrected chi connectivity index (χ2v) is 6.95. The van der Waals surface area contributed by atoms with Crippen molar-refractivity contribution < 1.29 is 14.3 Å². The van der Waals surface area contributed by atoms with Crippen molar-refractivity contribution in [1.29, 1.82) is 0 Å². The Kier molecular flexibility index (Phi) is 5.04. The van der Waals surface area contributed by atoms with Crippen LogP contribution in [0.3, 0.4) is 0 Å². The molecule has 1 heterocycles. The number of carbonyl (C=O) groups is 1. The van der Waals surface area contributed by atoms with Gasteiger partial charge in [0.15, 0.2) is 5.75 Å². The first-order chi connectivity index (χ1) is 11.1. The molecule has 0 bridgehead atoms. The molecular weight excluding hydrogens is 337 g/mol. The van der Waals surface area contributed by atoms with E-state index >= 15 is 0 Å². The molecule has 2 aliphatic rings. The number of carbonyl (C=O) groups excluding carboxylic acids is 1. The third-order valence-corrected chi connectivity index (χ3v) is 5.28. The second kappa shape index (κ2) is 6.88. The second-order valence-electron chi connectivity index (χ2n) is 6.14. The lowest BCUT2D eigenvalue weighted by Gasteiger charge is -2.49. The van der Waals surface area contributed by atoms with Crippen LogP contribution in [0, 0.1) is 0 Å². The van der Waals surface area contributed by atoms with Crippen LogP contribution in [0.1, 0.15) is 48.9 Å². The van der Waals surface area contributed by atoms with Gasteiger partial charge in [0, 0.05) is 12.1 Å². The molecule has 126 valence electrons. The van der Waals surface area contributed by atoms with Gasteiger partial charge in [0.2, 0.25) is 0 Å². The summed E-state index contributed by atoms with van der Waals surface area (Å²) in [5.41, 5.74) is 0.0307. The van der Waals surface area contributed by atoms with Crippen LogP contribution in [-0.4, -0.2) is 36.8 Å². The first-order valence-corrected chi connectivity index (χ1v) is 8.82. The third-order valence-electron chi connectivity index (χ3n) is 4.72. The van der Waals surface area contributed by atoms with Crippen molar-refractivity contribution in [1.82, 2.24) is 4.90 Å². The normalized spacial score (nSPS) is 20.6. The molecule has 1 aliphatic carbocycles. The van der Waals surface area contributed by atoms with E-state index in [1.807, 2.05) is 4.90 Å². The van der Waals surface area contributed by atoms with Gasteiger partial charge in [-0.3, -0.25) is 4.79 Å². The number of benzene rings is 1. The zero-order chi connectivity index (χ0) is 16.4. The number of amides is 1. The highest BCUT2D eigenvalue weighted by Gasteiger charge is 2.43. The van der Waals surface area contributed by atoms with Crippen molar-refractivity contribution >= 4 is 29.1 Å². The number of halogens is 2. The Bertz CT molecular complexity index is 568. The maximum absolute atomic E-state index is 13.1. The number of nitrogens with zero attached hydrogens (tertiary/aromatic N) is 1. The van der Waals surface area contributed by atoms with Crippen LogP contribution < -0.4 is 4.74 Å². The van der Waals surface area contributed by atoms with Gasteiger partial charge in [0.25, 0.3) is 5.91 Å². The molecule has 1 saturated carbocycles. The molecule has 1 aromatic rings. The fourth-order valence-corrected chi connectivity index (χ4v) is 4.25. The molecule has 2 fully saturated rings. The smallest absolute Gasteiger partial charge is 0.256 e. The van der Waals surface area contributed by atoms with Crippen LogP contribution in [0.2, 0.25) is 10.0 Å². The molecule has 3 rings (SSSR count). The molecule has 1 spiro atoms. The summed E-state index contributed by atoms with van der Waals surface area (Å²) >= 11 is 12.4. The van der Waals surface area contributed by atoms with Gasteiger partial charge in [-0.15, -0.1) is 0 Å². The summed E-state index contributed by atoms with van der Waals surface area (Å²) < 4.78 is 11.2. The minimum atomic E-state index is -0.452. The van der Waals surface area contributed by atoms with E-state index in [-0.39, 0.29) is 5.91 Å². The first kappa shape index (κ1) is 16.9. The van der Waals surface area contributed by atoms with Gasteiger partial charge in [-0.1, -0.05) is 29.6 Å². The molecule has 6 heteroatoms. The van der Waals surface area contributed by atoms with Crippen LogP contribution in [0.5, 0.6) is 5.75 Å². The molecule has 0 unspecified atom stereocenters. The molecule has 0 atom stereocenters. The summed E-state index contributed by atoms with van der Waals surface area (Å²) in [4.78, 5) is 14.9. The van der Waals surface area contributed by atoms with Crippen molar-refractivity contribution in [2.45, 2.75) is 44.2 Å². The summed E-state index contributed by atoms with van der Waals surface area (Å²) in [6.07, 6.45) is 6.03. The number of ether oxygens (including phenoxy) is 2. The number of methoxy groups -OCH3 is 1. The van der Waals surface area contributed by atoms with E-state index in [9.17, 15) is 4.79 Å². The Morgan fingerprint density at radius 2 is 1.83 bits per heavy atom. The molecule has 1 aliphatic heterocycles. The SMILES string of the molecule is COc1c(Cl)cc(C(=O)N2CCCOC23CCCCC3)cc1Cl. The Morgan fingerprint density at radius 1 is 1.17 bits per heavy atom. The lowest BCUT2D eigenvalue weighted by molar-refractivity contribution is -0.182. The summed E-state index contributed by atoms with van der Waals surface area (Å²) in [6.45, 7) is 1.42. The summed E-state index contributed by atoms with van der Waals surface area (Å²) in [5.74, 6) is 0.324. The predicted molar refractivity (Wildman–Crippen MR) is 90.4 cm³/mol. The number of hydrogen-bond donors (Lipinski definition) is 0. The van der Waals surface area contributed by atoms with Crippen molar-refractivity contribution in [3.05, 3.63) is 27.7 Å². The lowest BCUT2D eigenvalue weighted by Crippen LogP contribution is -2.58. The Morgan fingerprint density at radius 3 is 2.43 bits per heavy atom. The molecule has 1 saturated heterocycles. The van der Waals surface area contributed by atoms with E-state index in [1.165, 1.54) is 13.5 Å². The summed E-state index contributed by atoms with van der Waals surface area (Å²) in [6, 6.07) is 3.25. The lowest BCUT2D eigenvalue weighted by atomic mass is 9.88. The minimum absolute atomic E-state index is 0.0712. The molecular formula is C17H21Cl2NO3. The van der Waals surface area contributed by atoms with Gasteiger partial charge < -0.3 is 14.4 Å². The monoisotopic (exact) mass is 357 g/mol. The van der Waals surface area contributed by atoms with Gasteiger partial charge >= 0.3 is 0 Å². The largest absolute Gasteiger partial charge is 0.494 e. The molecule has 0 N–H and O–H groups in total. The standard InChI is InChI=1S/C17H21Cl2NO3/c1-22-15-13(18)10-12(11-14(15)19)16(21)20-8-5-9-23-17(20)6-3-2-4-7-17/h10-11H,2-9H2,1H3. The fourth-order valence-electron chi connectivity index (χ4n) is 3.61. The average molecular weight is 358 g/mol. The highest BCUT2D eigenvalue weighted by molar-refractivity contribution is 6.37. The number of rotatable bonds is 2. The van der Waals surface area contributed by atoms with E-state index in [0.29, 0.717) is 34.5 Å². The number of hydrogen-bond acceptors (Lipinski definition) is 3. The van der Waals surface area contributed by atoms with Crippen LogP contribution in [0.25, 0.3) is 0 Å². The Hall–Kier alpha value is -0.970. The van der Waals surface area contributed by atoms with Crippen LogP contribution in [0.4, 0.5) is 0 Å². The molecule has 0 radical (unpaired) electrons. The van der Waals surface area contributed by atoms with E-state index in [1.54, 1.807) is 12.1 Å². The van der Waals surface area contributed by atoms with E-state index in [4.69, 9.17) is 32.7 Å². The highest BCUT2D eigenvalue weighted by Crippen LogP contribution is 2.39. The van der Waals surface area contributed by atoms with Gasteiger partial charge in [-0.25, -0.2) is 0 Å². The van der Waals surface area contributed by atoms with Crippen molar-refractivity contribution in [3.8, 4) is 5.75 Å². The maximum Gasteiger partial charge on any atom is 0.256 e. The molecule has 4 nitrogen and oxygen atoms in total. The Balaban J connectivity index is 1.91. The average Bonchev–Trinajstić information content (AvgIpc) is 2.55. The van der Waals surface area contributed by atoms with Crippen molar-refractivity contribution in [2.24, 2.45) is 0 Å². The molecule has 1 aromatic carbocycles. The summed E-state index contributed by atoms with van der Waals surface area (Å²) in [5, 5.41) is 0.693. The highest BCUT2D eigenvalue weighted by atomic mass is 35.5. The van der Waals surface area contributed by atoms with Gasteiger partial charge in [-0.05, 0) is 44.2 Å². The van der Waals surface area contributed by atoms with E-state index in [2.05, 4.69) is 0 Å². The van der Waals surface area contributed by atoms with Crippen LogP contribution in [0.15, 0.2) is 12.1 Å². The van der Waals surface area contributed by atoms with Gasteiger partial charge in [-0.2, -0.15) is 0 Å². The summed E-state index contributed by atoms with van der Waals surface area (Å²) in [7, 11) is 1.50. The molecule has 0 aromatic heterocycles. The minimum Gasteiger partial charge on any atom is -0.494 e. The van der Waals surface area contributed by atoms with Crippen molar-refractivity contribution in [2.75, 3.05) is 20.3 Å². The van der Waals surface area contributed by atoms with Gasteiger partial charge in [0.1, 0.15) is 5.72 Å². The van der Waals surface area contributed by atoms with Crippen LogP contribution in [-0.2, 0) is 4.74 Å². The Labute approximate surface area is 146 Å². The fraction of sp³-hybridized carbons (Fsp3) is 0.588. The van der Waals surface area contributed by atoms with E-state index in [0.717, 1.165) is 32.1 Å². The van der Waals surface area contributed by atoms with Crippen molar-refractivity contribution in [3.63, 3.8) is 0 Å².